The van der Waals surface area contributed by atoms with Gasteiger partial charge in [0.25, 0.3) is 0 Å². The number of carbonyl (C=O) groups is 1. The highest BCUT2D eigenvalue weighted by molar-refractivity contribution is 5.84. The molecule has 0 unspecified atom stereocenters. The largest absolute Gasteiger partial charge is 0.497 e. The summed E-state index contributed by atoms with van der Waals surface area (Å²) in [6.45, 7) is 4.59. The van der Waals surface area contributed by atoms with Gasteiger partial charge in [-0.1, -0.05) is 12.1 Å². The van der Waals surface area contributed by atoms with Crippen LogP contribution in [0.4, 0.5) is 0 Å². The molecule has 0 saturated carbocycles. The zero-order valence-electron chi connectivity index (χ0n) is 17.3. The Hall–Kier alpha value is -2.32. The van der Waals surface area contributed by atoms with Crippen LogP contribution in [-0.4, -0.2) is 76.6 Å². The minimum Gasteiger partial charge on any atom is -0.497 e. The van der Waals surface area contributed by atoms with E-state index in [4.69, 9.17) is 14.2 Å². The molecule has 28 heavy (non-hydrogen) atoms. The Bertz CT molecular complexity index is 640. The lowest BCUT2D eigenvalue weighted by Gasteiger charge is -2.23. The fraction of sp³-hybridized carbons (Fsp3) is 0.600. The van der Waals surface area contributed by atoms with Crippen LogP contribution in [0.15, 0.2) is 29.3 Å². The Kier molecular flexibility index (Phi) is 8.53. The normalized spacial score (nSPS) is 15.9. The molecule has 1 aliphatic rings. The fourth-order valence-corrected chi connectivity index (χ4v) is 2.69. The second-order valence-electron chi connectivity index (χ2n) is 6.99. The predicted molar refractivity (Wildman–Crippen MR) is 109 cm³/mol. The van der Waals surface area contributed by atoms with Gasteiger partial charge >= 0.3 is 0 Å². The number of benzene rings is 1. The maximum atomic E-state index is 11.8. The zero-order chi connectivity index (χ0) is 20.4. The Labute approximate surface area is 167 Å². The molecule has 0 atom stereocenters. The summed E-state index contributed by atoms with van der Waals surface area (Å²) in [5, 5.41) is 6.54. The van der Waals surface area contributed by atoms with Crippen molar-refractivity contribution in [1.29, 1.82) is 0 Å². The van der Waals surface area contributed by atoms with Gasteiger partial charge in [0.15, 0.2) is 11.7 Å². The van der Waals surface area contributed by atoms with E-state index in [0.717, 1.165) is 12.2 Å². The molecule has 2 rings (SSSR count). The van der Waals surface area contributed by atoms with Crippen molar-refractivity contribution in [1.82, 2.24) is 15.5 Å². The predicted octanol–water partition coefficient (Wildman–Crippen LogP) is 1.01. The van der Waals surface area contributed by atoms with Crippen molar-refractivity contribution in [3.05, 3.63) is 29.8 Å². The topological polar surface area (TPSA) is 84.4 Å². The van der Waals surface area contributed by atoms with Crippen LogP contribution in [0.3, 0.4) is 0 Å². The minimum absolute atomic E-state index is 0.0503. The first kappa shape index (κ1) is 22.0. The van der Waals surface area contributed by atoms with E-state index < -0.39 is 5.79 Å². The Morgan fingerprint density at radius 3 is 2.43 bits per heavy atom. The van der Waals surface area contributed by atoms with Gasteiger partial charge in [0.1, 0.15) is 12.3 Å². The summed E-state index contributed by atoms with van der Waals surface area (Å²) in [6.07, 6.45) is 1.52. The van der Waals surface area contributed by atoms with E-state index in [2.05, 4.69) is 15.6 Å². The van der Waals surface area contributed by atoms with Crippen LogP contribution in [0, 0.1) is 0 Å². The standard InChI is InChI=1S/C20H32N4O4/c1-20(27-13-14-28-20)10-12-22-19(23-15-18(25)24(2)3)21-11-9-16-5-7-17(26-4)8-6-16/h5-8H,9-15H2,1-4H3,(H2,21,22,23). The summed E-state index contributed by atoms with van der Waals surface area (Å²) in [6, 6.07) is 7.97. The van der Waals surface area contributed by atoms with Crippen molar-refractivity contribution in [2.75, 3.05) is 54.1 Å². The monoisotopic (exact) mass is 392 g/mol. The van der Waals surface area contributed by atoms with Crippen LogP contribution >= 0.6 is 0 Å². The lowest BCUT2D eigenvalue weighted by molar-refractivity contribution is -0.145. The first-order valence-corrected chi connectivity index (χ1v) is 9.55. The van der Waals surface area contributed by atoms with Crippen molar-refractivity contribution < 1.29 is 19.0 Å². The smallest absolute Gasteiger partial charge is 0.243 e. The number of likely N-dealkylation sites (N-methyl/N-ethyl adjacent to an activating group) is 1. The molecule has 0 bridgehead atoms. The maximum Gasteiger partial charge on any atom is 0.243 e. The lowest BCUT2D eigenvalue weighted by atomic mass is 10.1. The van der Waals surface area contributed by atoms with Crippen molar-refractivity contribution in [3.8, 4) is 5.75 Å². The number of hydrogen-bond acceptors (Lipinski definition) is 5. The van der Waals surface area contributed by atoms with E-state index in [9.17, 15) is 4.79 Å². The summed E-state index contributed by atoms with van der Waals surface area (Å²) in [5.74, 6) is 0.837. The number of ether oxygens (including phenoxy) is 3. The van der Waals surface area contributed by atoms with E-state index in [-0.39, 0.29) is 12.5 Å². The van der Waals surface area contributed by atoms with E-state index in [1.807, 2.05) is 31.2 Å². The number of guanidine groups is 1. The molecular formula is C20H32N4O4. The lowest BCUT2D eigenvalue weighted by Crippen LogP contribution is -2.42. The number of rotatable bonds is 9. The van der Waals surface area contributed by atoms with Crippen LogP contribution in [-0.2, 0) is 20.7 Å². The molecular weight excluding hydrogens is 360 g/mol. The zero-order valence-corrected chi connectivity index (χ0v) is 17.3. The van der Waals surface area contributed by atoms with Gasteiger partial charge in [0.2, 0.25) is 5.91 Å². The van der Waals surface area contributed by atoms with E-state index in [1.54, 1.807) is 21.2 Å². The number of methoxy groups -OCH3 is 1. The third-order valence-electron chi connectivity index (χ3n) is 4.51. The van der Waals surface area contributed by atoms with Crippen molar-refractivity contribution in [2.24, 2.45) is 4.99 Å². The number of nitrogens with one attached hydrogen (secondary N) is 2. The van der Waals surface area contributed by atoms with Crippen LogP contribution in [0.1, 0.15) is 18.9 Å². The van der Waals surface area contributed by atoms with Gasteiger partial charge in [0, 0.05) is 33.6 Å². The van der Waals surface area contributed by atoms with Gasteiger partial charge < -0.3 is 29.7 Å². The van der Waals surface area contributed by atoms with Crippen LogP contribution < -0.4 is 15.4 Å². The molecule has 1 amide bonds. The first-order valence-electron chi connectivity index (χ1n) is 9.55. The molecule has 1 fully saturated rings. The minimum atomic E-state index is -0.555. The average Bonchev–Trinajstić information content (AvgIpc) is 3.12. The molecule has 1 aliphatic heterocycles. The quantitative estimate of drug-likeness (QED) is 0.482. The average molecular weight is 393 g/mol. The molecule has 0 spiro atoms. The van der Waals surface area contributed by atoms with Crippen LogP contribution in [0.5, 0.6) is 5.75 Å². The van der Waals surface area contributed by atoms with Gasteiger partial charge in [0.05, 0.1) is 20.3 Å². The summed E-state index contributed by atoms with van der Waals surface area (Å²) < 4.78 is 16.4. The first-order chi connectivity index (χ1) is 13.4. The van der Waals surface area contributed by atoms with Crippen molar-refractivity contribution >= 4 is 11.9 Å². The number of carbonyl (C=O) groups excluding carboxylic acids is 1. The van der Waals surface area contributed by atoms with E-state index in [0.29, 0.717) is 38.7 Å². The van der Waals surface area contributed by atoms with Crippen molar-refractivity contribution in [3.63, 3.8) is 0 Å². The highest BCUT2D eigenvalue weighted by atomic mass is 16.7. The summed E-state index contributed by atoms with van der Waals surface area (Å²) >= 11 is 0. The van der Waals surface area contributed by atoms with Gasteiger partial charge in [-0.25, -0.2) is 4.99 Å². The molecule has 0 radical (unpaired) electrons. The molecule has 156 valence electrons. The fourth-order valence-electron chi connectivity index (χ4n) is 2.69. The second-order valence-corrected chi connectivity index (χ2v) is 6.99. The Morgan fingerprint density at radius 1 is 1.18 bits per heavy atom. The molecule has 8 nitrogen and oxygen atoms in total. The summed E-state index contributed by atoms with van der Waals surface area (Å²) in [5.41, 5.74) is 1.19. The third-order valence-corrected chi connectivity index (χ3v) is 4.51. The third kappa shape index (κ3) is 7.36. The number of amides is 1. The van der Waals surface area contributed by atoms with Gasteiger partial charge in [-0.05, 0) is 31.0 Å². The second kappa shape index (κ2) is 10.9. The molecule has 1 saturated heterocycles. The van der Waals surface area contributed by atoms with Gasteiger partial charge in [-0.2, -0.15) is 0 Å². The molecule has 8 heteroatoms. The van der Waals surface area contributed by atoms with Crippen LogP contribution in [0.2, 0.25) is 0 Å². The Balaban J connectivity index is 1.85. The molecule has 0 aliphatic carbocycles. The summed E-state index contributed by atoms with van der Waals surface area (Å²) in [7, 11) is 5.09. The van der Waals surface area contributed by atoms with E-state index >= 15 is 0 Å². The van der Waals surface area contributed by atoms with Gasteiger partial charge in [-0.3, -0.25) is 4.79 Å². The number of hydrogen-bond donors (Lipinski definition) is 2. The molecule has 1 heterocycles. The van der Waals surface area contributed by atoms with Crippen molar-refractivity contribution in [2.45, 2.75) is 25.6 Å². The van der Waals surface area contributed by atoms with Gasteiger partial charge in [-0.15, -0.1) is 0 Å². The summed E-state index contributed by atoms with van der Waals surface area (Å²) in [4.78, 5) is 17.8. The van der Waals surface area contributed by atoms with Crippen LogP contribution in [0.25, 0.3) is 0 Å². The highest BCUT2D eigenvalue weighted by Gasteiger charge is 2.30. The molecule has 2 N–H and O–H groups in total. The Morgan fingerprint density at radius 2 is 1.82 bits per heavy atom. The number of nitrogens with zero attached hydrogens (tertiary/aromatic N) is 2. The molecule has 1 aromatic carbocycles. The van der Waals surface area contributed by atoms with E-state index in [1.165, 1.54) is 10.5 Å². The highest BCUT2D eigenvalue weighted by Crippen LogP contribution is 2.21. The molecule has 1 aromatic rings. The maximum absolute atomic E-state index is 11.8. The number of aliphatic imine (C=N–C) groups is 1. The molecule has 0 aromatic heterocycles. The SMILES string of the molecule is COc1ccc(CCNC(=NCC(=O)N(C)C)NCCC2(C)OCCO2)cc1.